The third-order valence-corrected chi connectivity index (χ3v) is 2.76. The van der Waals surface area contributed by atoms with Gasteiger partial charge in [-0.25, -0.2) is 5.43 Å². The lowest BCUT2D eigenvalue weighted by Crippen LogP contribution is -2.23. The van der Waals surface area contributed by atoms with Gasteiger partial charge in [0, 0.05) is 13.1 Å². The molecular weight excluding hydrogens is 311 g/mol. The van der Waals surface area contributed by atoms with Crippen molar-refractivity contribution in [1.29, 1.82) is 0 Å². The SMILES string of the molecule is CC(=O)C(C)=NNC(=O)Cc1ncc(C(F)(F)F)cc1Cl. The quantitative estimate of drug-likeness (QED) is 0.683. The first-order valence-corrected chi connectivity index (χ1v) is 6.04. The van der Waals surface area contributed by atoms with Crippen LogP contribution in [0.15, 0.2) is 17.4 Å². The summed E-state index contributed by atoms with van der Waals surface area (Å²) < 4.78 is 37.3. The molecule has 1 amide bonds. The van der Waals surface area contributed by atoms with Gasteiger partial charge in [0.05, 0.1) is 22.7 Å². The Hall–Kier alpha value is -1.96. The monoisotopic (exact) mass is 321 g/mol. The molecule has 114 valence electrons. The van der Waals surface area contributed by atoms with Crippen LogP contribution in [-0.2, 0) is 22.2 Å². The van der Waals surface area contributed by atoms with Gasteiger partial charge in [-0.3, -0.25) is 14.6 Å². The third-order valence-electron chi connectivity index (χ3n) is 2.43. The molecule has 0 radical (unpaired) electrons. The van der Waals surface area contributed by atoms with E-state index in [-0.39, 0.29) is 28.6 Å². The first-order valence-electron chi connectivity index (χ1n) is 5.67. The molecule has 0 fully saturated rings. The number of nitrogens with one attached hydrogen (secondary N) is 1. The zero-order chi connectivity index (χ0) is 16.2. The number of amides is 1. The fraction of sp³-hybridized carbons (Fsp3) is 0.333. The van der Waals surface area contributed by atoms with Gasteiger partial charge in [-0.2, -0.15) is 18.3 Å². The molecule has 1 heterocycles. The fourth-order valence-corrected chi connectivity index (χ4v) is 1.40. The Morgan fingerprint density at radius 2 is 2.00 bits per heavy atom. The van der Waals surface area contributed by atoms with E-state index in [2.05, 4.69) is 15.5 Å². The van der Waals surface area contributed by atoms with Crippen LogP contribution in [0.2, 0.25) is 5.02 Å². The highest BCUT2D eigenvalue weighted by atomic mass is 35.5. The van der Waals surface area contributed by atoms with Crippen LogP contribution in [0.25, 0.3) is 0 Å². The number of rotatable bonds is 4. The van der Waals surface area contributed by atoms with Crippen LogP contribution in [0.5, 0.6) is 0 Å². The largest absolute Gasteiger partial charge is 0.417 e. The molecule has 0 aliphatic rings. The van der Waals surface area contributed by atoms with Crippen molar-refractivity contribution < 1.29 is 22.8 Å². The van der Waals surface area contributed by atoms with Gasteiger partial charge in [0.15, 0.2) is 5.78 Å². The van der Waals surface area contributed by atoms with Crippen molar-refractivity contribution in [3.05, 3.63) is 28.5 Å². The van der Waals surface area contributed by atoms with E-state index in [1.165, 1.54) is 13.8 Å². The first kappa shape index (κ1) is 17.1. The second-order valence-corrected chi connectivity index (χ2v) is 4.52. The van der Waals surface area contributed by atoms with Gasteiger partial charge in [0.1, 0.15) is 5.71 Å². The molecule has 0 aliphatic heterocycles. The Bertz CT molecular complexity index is 600. The van der Waals surface area contributed by atoms with Crippen LogP contribution in [0.1, 0.15) is 25.1 Å². The number of carbonyl (C=O) groups is 2. The number of ketones is 1. The number of nitrogens with zero attached hydrogens (tertiary/aromatic N) is 2. The number of hydrazone groups is 1. The molecule has 0 aromatic carbocycles. The van der Waals surface area contributed by atoms with Crippen LogP contribution < -0.4 is 5.43 Å². The highest BCUT2D eigenvalue weighted by Gasteiger charge is 2.31. The number of Topliss-reactive ketones (excluding diaryl/α,β-unsaturated/α-hetero) is 1. The number of hydrogen-bond acceptors (Lipinski definition) is 4. The number of carbonyl (C=O) groups excluding carboxylic acids is 2. The molecule has 21 heavy (non-hydrogen) atoms. The minimum Gasteiger partial charge on any atom is -0.293 e. The summed E-state index contributed by atoms with van der Waals surface area (Å²) >= 11 is 5.66. The van der Waals surface area contributed by atoms with Crippen LogP contribution >= 0.6 is 11.6 Å². The molecule has 9 heteroatoms. The number of pyridine rings is 1. The summed E-state index contributed by atoms with van der Waals surface area (Å²) in [5.74, 6) is -0.967. The summed E-state index contributed by atoms with van der Waals surface area (Å²) in [6.45, 7) is 2.69. The first-order chi connectivity index (χ1) is 9.61. The predicted octanol–water partition coefficient (Wildman–Crippen LogP) is 2.38. The van der Waals surface area contributed by atoms with Crippen molar-refractivity contribution in [1.82, 2.24) is 10.4 Å². The number of halogens is 4. The van der Waals surface area contributed by atoms with Crippen LogP contribution in [0.3, 0.4) is 0 Å². The smallest absolute Gasteiger partial charge is 0.293 e. The average Bonchev–Trinajstić information content (AvgIpc) is 2.36. The van der Waals surface area contributed by atoms with E-state index in [0.717, 1.165) is 0 Å². The van der Waals surface area contributed by atoms with Gasteiger partial charge in [-0.05, 0) is 13.0 Å². The maximum Gasteiger partial charge on any atom is 0.417 e. The summed E-state index contributed by atoms with van der Waals surface area (Å²) in [5, 5.41) is 3.25. The Morgan fingerprint density at radius 1 is 1.38 bits per heavy atom. The summed E-state index contributed by atoms with van der Waals surface area (Å²) in [6.07, 6.45) is -4.31. The predicted molar refractivity (Wildman–Crippen MR) is 69.9 cm³/mol. The van der Waals surface area contributed by atoms with Crippen molar-refractivity contribution in [3.63, 3.8) is 0 Å². The van der Waals surface area contributed by atoms with E-state index in [4.69, 9.17) is 11.6 Å². The number of alkyl halides is 3. The average molecular weight is 322 g/mol. The molecule has 0 bridgehead atoms. The molecule has 0 aliphatic carbocycles. The standard InChI is InChI=1S/C12H11ClF3N3O2/c1-6(7(2)20)18-19-11(21)4-10-9(13)3-8(5-17-10)12(14,15)16/h3,5H,4H2,1-2H3,(H,19,21). The maximum absolute atomic E-state index is 12.4. The molecule has 0 saturated carbocycles. The van der Waals surface area contributed by atoms with E-state index in [0.29, 0.717) is 12.3 Å². The molecule has 1 N–H and O–H groups in total. The van der Waals surface area contributed by atoms with Crippen molar-refractivity contribution in [2.45, 2.75) is 26.4 Å². The van der Waals surface area contributed by atoms with Gasteiger partial charge in [-0.1, -0.05) is 11.6 Å². The van der Waals surface area contributed by atoms with E-state index in [1.54, 1.807) is 0 Å². The summed E-state index contributed by atoms with van der Waals surface area (Å²) in [6, 6.07) is 0.696. The number of aromatic nitrogens is 1. The Morgan fingerprint density at radius 3 is 2.48 bits per heavy atom. The second-order valence-electron chi connectivity index (χ2n) is 4.12. The summed E-state index contributed by atoms with van der Waals surface area (Å²) in [4.78, 5) is 25.9. The third kappa shape index (κ3) is 5.14. The molecule has 0 unspecified atom stereocenters. The Balaban J connectivity index is 2.78. The van der Waals surface area contributed by atoms with E-state index in [1.807, 2.05) is 0 Å². The van der Waals surface area contributed by atoms with Gasteiger partial charge < -0.3 is 0 Å². The van der Waals surface area contributed by atoms with Gasteiger partial charge in [-0.15, -0.1) is 0 Å². The van der Waals surface area contributed by atoms with Crippen LogP contribution in [0.4, 0.5) is 13.2 Å². The topological polar surface area (TPSA) is 71.4 Å². The van der Waals surface area contributed by atoms with Gasteiger partial charge >= 0.3 is 6.18 Å². The van der Waals surface area contributed by atoms with E-state index in [9.17, 15) is 22.8 Å². The normalized spacial score (nSPS) is 12.2. The highest BCUT2D eigenvalue weighted by Crippen LogP contribution is 2.31. The molecular formula is C12H11ClF3N3O2. The van der Waals surface area contributed by atoms with E-state index < -0.39 is 17.6 Å². The molecule has 0 spiro atoms. The summed E-state index contributed by atoms with van der Waals surface area (Å²) in [7, 11) is 0. The van der Waals surface area contributed by atoms with Crippen molar-refractivity contribution in [2.24, 2.45) is 5.10 Å². The maximum atomic E-state index is 12.4. The molecule has 1 aromatic rings. The zero-order valence-electron chi connectivity index (χ0n) is 11.1. The molecule has 1 rings (SSSR count). The van der Waals surface area contributed by atoms with Crippen molar-refractivity contribution >= 4 is 29.0 Å². The minimum absolute atomic E-state index is 0.0159. The minimum atomic E-state index is -4.56. The fourth-order valence-electron chi connectivity index (χ4n) is 1.17. The molecule has 1 aromatic heterocycles. The van der Waals surface area contributed by atoms with Gasteiger partial charge in [0.2, 0.25) is 5.91 Å². The Kier molecular flexibility index (Phi) is 5.42. The summed E-state index contributed by atoms with van der Waals surface area (Å²) in [5.41, 5.74) is 1.17. The second kappa shape index (κ2) is 6.66. The highest BCUT2D eigenvalue weighted by molar-refractivity contribution is 6.38. The van der Waals surface area contributed by atoms with E-state index >= 15 is 0 Å². The van der Waals surface area contributed by atoms with Crippen LogP contribution in [-0.4, -0.2) is 22.4 Å². The lowest BCUT2D eigenvalue weighted by Gasteiger charge is -2.08. The van der Waals surface area contributed by atoms with Crippen molar-refractivity contribution in [3.8, 4) is 0 Å². The Labute approximate surface area is 123 Å². The van der Waals surface area contributed by atoms with Gasteiger partial charge in [0.25, 0.3) is 0 Å². The zero-order valence-corrected chi connectivity index (χ0v) is 11.8. The van der Waals surface area contributed by atoms with Crippen LogP contribution in [0, 0.1) is 0 Å². The molecule has 5 nitrogen and oxygen atoms in total. The lowest BCUT2D eigenvalue weighted by molar-refractivity contribution is -0.137. The lowest BCUT2D eigenvalue weighted by atomic mass is 10.2. The molecule has 0 saturated heterocycles. The van der Waals surface area contributed by atoms with Crippen molar-refractivity contribution in [2.75, 3.05) is 0 Å². The number of hydrogen-bond donors (Lipinski definition) is 1. The molecule has 0 atom stereocenters.